The predicted molar refractivity (Wildman–Crippen MR) is 90.2 cm³/mol. The van der Waals surface area contributed by atoms with Crippen LogP contribution in [-0.2, 0) is 9.53 Å². The van der Waals surface area contributed by atoms with Crippen molar-refractivity contribution in [1.29, 1.82) is 0 Å². The van der Waals surface area contributed by atoms with Crippen LogP contribution in [0.4, 0.5) is 4.39 Å². The lowest BCUT2D eigenvalue weighted by Gasteiger charge is -2.36. The number of hydrogen-bond acceptors (Lipinski definition) is 4. The Kier molecular flexibility index (Phi) is 5.81. The molecule has 2 heterocycles. The Balaban J connectivity index is 1.80. The monoisotopic (exact) mass is 335 g/mol. The summed E-state index contributed by atoms with van der Waals surface area (Å²) in [5.74, 6) is -0.457. The number of hydrogen-bond donors (Lipinski definition) is 2. The first-order valence-corrected chi connectivity index (χ1v) is 8.77. The minimum atomic E-state index is -0.607. The van der Waals surface area contributed by atoms with E-state index in [0.717, 1.165) is 19.4 Å². The highest BCUT2D eigenvalue weighted by atomic mass is 19.1. The topological polar surface area (TPSA) is 53.6 Å². The van der Waals surface area contributed by atoms with E-state index in [0.29, 0.717) is 31.9 Å². The van der Waals surface area contributed by atoms with Crippen LogP contribution in [0.25, 0.3) is 0 Å². The number of nitrogens with one attached hydrogen (secondary N) is 2. The van der Waals surface area contributed by atoms with E-state index in [9.17, 15) is 9.18 Å². The Bertz CT molecular complexity index is 563. The van der Waals surface area contributed by atoms with Gasteiger partial charge in [0.25, 0.3) is 0 Å². The maximum Gasteiger partial charge on any atom is 0.242 e. The SMILES string of the molecule is CC1NCCCC1NC(=O)C(c1ccccc1F)N1CCOCC1. The second-order valence-electron chi connectivity index (χ2n) is 6.57. The first kappa shape index (κ1) is 17.3. The van der Waals surface area contributed by atoms with Crippen molar-refractivity contribution in [2.75, 3.05) is 32.8 Å². The highest BCUT2D eigenvalue weighted by Gasteiger charge is 2.33. The van der Waals surface area contributed by atoms with Gasteiger partial charge in [-0.3, -0.25) is 9.69 Å². The van der Waals surface area contributed by atoms with Gasteiger partial charge in [0.05, 0.1) is 13.2 Å². The molecule has 2 aliphatic heterocycles. The van der Waals surface area contributed by atoms with E-state index in [1.165, 1.54) is 6.07 Å². The lowest BCUT2D eigenvalue weighted by atomic mass is 9.97. The van der Waals surface area contributed by atoms with Crippen molar-refractivity contribution >= 4 is 5.91 Å². The zero-order chi connectivity index (χ0) is 16.9. The number of amides is 1. The van der Waals surface area contributed by atoms with Crippen LogP contribution in [0, 0.1) is 5.82 Å². The van der Waals surface area contributed by atoms with Gasteiger partial charge in [-0.05, 0) is 32.4 Å². The molecule has 3 rings (SSSR count). The number of carbonyl (C=O) groups is 1. The van der Waals surface area contributed by atoms with Crippen LogP contribution < -0.4 is 10.6 Å². The number of halogens is 1. The summed E-state index contributed by atoms with van der Waals surface area (Å²) in [6.45, 7) is 5.46. The van der Waals surface area contributed by atoms with Gasteiger partial charge in [-0.25, -0.2) is 4.39 Å². The normalized spacial score (nSPS) is 26.8. The average Bonchev–Trinajstić information content (AvgIpc) is 2.60. The second kappa shape index (κ2) is 8.05. The standard InChI is InChI=1S/C18H26FN3O2/c1-13-16(7-4-8-20-13)21-18(23)17(22-9-11-24-12-10-22)14-5-2-3-6-15(14)19/h2-3,5-6,13,16-17,20H,4,7-12H2,1H3,(H,21,23). The van der Waals surface area contributed by atoms with Crippen molar-refractivity contribution in [2.45, 2.75) is 37.9 Å². The van der Waals surface area contributed by atoms with Gasteiger partial charge in [0, 0.05) is 30.7 Å². The molecule has 0 aliphatic carbocycles. The molecule has 2 saturated heterocycles. The summed E-state index contributed by atoms with van der Waals surface area (Å²) in [6, 6.07) is 6.27. The molecule has 1 amide bonds. The lowest BCUT2D eigenvalue weighted by molar-refractivity contribution is -0.129. The molecule has 24 heavy (non-hydrogen) atoms. The third kappa shape index (κ3) is 3.94. The van der Waals surface area contributed by atoms with Crippen LogP contribution in [0.15, 0.2) is 24.3 Å². The number of benzene rings is 1. The molecule has 1 aromatic rings. The Morgan fingerprint density at radius 1 is 1.38 bits per heavy atom. The molecule has 0 bridgehead atoms. The summed E-state index contributed by atoms with van der Waals surface area (Å²) in [5.41, 5.74) is 0.438. The Morgan fingerprint density at radius 3 is 2.83 bits per heavy atom. The van der Waals surface area contributed by atoms with Crippen LogP contribution in [0.1, 0.15) is 31.4 Å². The molecule has 0 radical (unpaired) electrons. The molecule has 6 heteroatoms. The van der Waals surface area contributed by atoms with E-state index >= 15 is 0 Å². The van der Waals surface area contributed by atoms with Crippen LogP contribution >= 0.6 is 0 Å². The molecule has 0 aromatic heterocycles. The van der Waals surface area contributed by atoms with Gasteiger partial charge in [0.1, 0.15) is 11.9 Å². The molecular formula is C18H26FN3O2. The largest absolute Gasteiger partial charge is 0.379 e. The Labute approximate surface area is 142 Å². The van der Waals surface area contributed by atoms with Crippen molar-refractivity contribution < 1.29 is 13.9 Å². The highest BCUT2D eigenvalue weighted by molar-refractivity contribution is 5.83. The first-order chi connectivity index (χ1) is 11.7. The van der Waals surface area contributed by atoms with Gasteiger partial charge >= 0.3 is 0 Å². The van der Waals surface area contributed by atoms with Gasteiger partial charge < -0.3 is 15.4 Å². The second-order valence-corrected chi connectivity index (χ2v) is 6.57. The lowest BCUT2D eigenvalue weighted by Crippen LogP contribution is -2.55. The van der Waals surface area contributed by atoms with Gasteiger partial charge in [0.2, 0.25) is 5.91 Å². The van der Waals surface area contributed by atoms with Crippen molar-refractivity contribution in [2.24, 2.45) is 0 Å². The summed E-state index contributed by atoms with van der Waals surface area (Å²) in [4.78, 5) is 15.0. The van der Waals surface area contributed by atoms with Gasteiger partial charge in [-0.2, -0.15) is 0 Å². The fraction of sp³-hybridized carbons (Fsp3) is 0.611. The van der Waals surface area contributed by atoms with Crippen LogP contribution in [0.2, 0.25) is 0 Å². The Morgan fingerprint density at radius 2 is 2.12 bits per heavy atom. The van der Waals surface area contributed by atoms with Crippen LogP contribution in [0.5, 0.6) is 0 Å². The molecule has 2 N–H and O–H groups in total. The molecule has 1 aromatic carbocycles. The van der Waals surface area contributed by atoms with E-state index in [1.807, 2.05) is 4.90 Å². The van der Waals surface area contributed by atoms with Crippen molar-refractivity contribution in [3.05, 3.63) is 35.6 Å². The molecule has 0 saturated carbocycles. The molecule has 3 unspecified atom stereocenters. The van der Waals surface area contributed by atoms with Gasteiger partial charge in [-0.1, -0.05) is 18.2 Å². The number of rotatable bonds is 4. The average molecular weight is 335 g/mol. The number of morpholine rings is 1. The quantitative estimate of drug-likeness (QED) is 0.875. The summed E-state index contributed by atoms with van der Waals surface area (Å²) >= 11 is 0. The maximum absolute atomic E-state index is 14.4. The summed E-state index contributed by atoms with van der Waals surface area (Å²) < 4.78 is 19.7. The maximum atomic E-state index is 14.4. The molecule has 0 spiro atoms. The number of nitrogens with zero attached hydrogens (tertiary/aromatic N) is 1. The smallest absolute Gasteiger partial charge is 0.242 e. The van der Waals surface area contributed by atoms with E-state index < -0.39 is 6.04 Å². The van der Waals surface area contributed by atoms with Crippen LogP contribution in [-0.4, -0.2) is 55.7 Å². The molecule has 2 fully saturated rings. The molecular weight excluding hydrogens is 309 g/mol. The fourth-order valence-corrected chi connectivity index (χ4v) is 3.54. The third-order valence-corrected chi connectivity index (χ3v) is 4.95. The first-order valence-electron chi connectivity index (χ1n) is 8.77. The third-order valence-electron chi connectivity index (χ3n) is 4.95. The van der Waals surface area contributed by atoms with E-state index in [4.69, 9.17) is 4.74 Å². The van der Waals surface area contributed by atoms with E-state index in [2.05, 4.69) is 17.6 Å². The number of piperidine rings is 1. The molecule has 5 nitrogen and oxygen atoms in total. The van der Waals surface area contributed by atoms with Crippen LogP contribution in [0.3, 0.4) is 0 Å². The van der Waals surface area contributed by atoms with Crippen molar-refractivity contribution in [1.82, 2.24) is 15.5 Å². The minimum Gasteiger partial charge on any atom is -0.379 e. The van der Waals surface area contributed by atoms with Gasteiger partial charge in [-0.15, -0.1) is 0 Å². The highest BCUT2D eigenvalue weighted by Crippen LogP contribution is 2.25. The van der Waals surface area contributed by atoms with Crippen molar-refractivity contribution in [3.8, 4) is 0 Å². The van der Waals surface area contributed by atoms with E-state index in [-0.39, 0.29) is 23.8 Å². The zero-order valence-corrected chi connectivity index (χ0v) is 14.1. The van der Waals surface area contributed by atoms with Gasteiger partial charge in [0.15, 0.2) is 0 Å². The summed E-state index contributed by atoms with van der Waals surface area (Å²) in [6.07, 6.45) is 1.99. The molecule has 3 atom stereocenters. The Hall–Kier alpha value is -1.50. The minimum absolute atomic E-state index is 0.0848. The molecule has 132 valence electrons. The zero-order valence-electron chi connectivity index (χ0n) is 14.1. The summed E-state index contributed by atoms with van der Waals surface area (Å²) in [7, 11) is 0. The summed E-state index contributed by atoms with van der Waals surface area (Å²) in [5, 5.41) is 6.53. The number of carbonyl (C=O) groups excluding carboxylic acids is 1. The number of ether oxygens (including phenoxy) is 1. The fourth-order valence-electron chi connectivity index (χ4n) is 3.54. The predicted octanol–water partition coefficient (Wildman–Crippen LogP) is 1.46. The van der Waals surface area contributed by atoms with E-state index in [1.54, 1.807) is 18.2 Å². The molecule has 2 aliphatic rings. The van der Waals surface area contributed by atoms with Crippen molar-refractivity contribution in [3.63, 3.8) is 0 Å².